The highest BCUT2D eigenvalue weighted by Crippen LogP contribution is 2.37. The topological polar surface area (TPSA) is 63.2 Å². The molecule has 178 valence electrons. The summed E-state index contributed by atoms with van der Waals surface area (Å²) >= 11 is 0. The first-order valence-corrected chi connectivity index (χ1v) is 11.3. The van der Waals surface area contributed by atoms with Gasteiger partial charge in [-0.05, 0) is 53.8 Å². The quantitative estimate of drug-likeness (QED) is 0.408. The fourth-order valence-corrected chi connectivity index (χ4v) is 4.29. The predicted molar refractivity (Wildman–Crippen MR) is 129 cm³/mol. The molecule has 3 aromatic rings. The molecule has 0 aromatic heterocycles. The maximum atomic E-state index is 12.6. The van der Waals surface area contributed by atoms with E-state index >= 15 is 0 Å². The molecule has 0 spiro atoms. The third-order valence-corrected chi connectivity index (χ3v) is 6.16. The predicted octanol–water partition coefficient (Wildman–Crippen LogP) is 5.18. The lowest BCUT2D eigenvalue weighted by Crippen LogP contribution is -2.30. The molecule has 1 aliphatic rings. The molecule has 2 atom stereocenters. The molecule has 0 amide bonds. The Bertz CT molecular complexity index is 1110. The monoisotopic (exact) mass is 462 g/mol. The van der Waals surface area contributed by atoms with E-state index in [4.69, 9.17) is 23.7 Å². The van der Waals surface area contributed by atoms with Crippen molar-refractivity contribution in [2.75, 3.05) is 27.9 Å². The summed E-state index contributed by atoms with van der Waals surface area (Å²) in [7, 11) is 4.85. The maximum Gasteiger partial charge on any atom is 0.309 e. The molecular formula is C28H30O6. The van der Waals surface area contributed by atoms with E-state index in [9.17, 15) is 4.79 Å². The van der Waals surface area contributed by atoms with Gasteiger partial charge in [0, 0.05) is 5.92 Å². The average Bonchev–Trinajstić information content (AvgIpc) is 2.89. The SMILES string of the molecule is COc1ccc([C@H]2COC(=O)C(Cc3ccc(OCc4ccccc4)c(OC)c3)C2)cc1OC. The second-order valence-corrected chi connectivity index (χ2v) is 8.34. The van der Waals surface area contributed by atoms with E-state index in [0.717, 1.165) is 16.7 Å². The second kappa shape index (κ2) is 11.0. The maximum absolute atomic E-state index is 12.6. The average molecular weight is 463 g/mol. The lowest BCUT2D eigenvalue weighted by Gasteiger charge is -2.29. The Labute approximate surface area is 200 Å². The van der Waals surface area contributed by atoms with Crippen molar-refractivity contribution in [1.29, 1.82) is 0 Å². The zero-order valence-electron chi connectivity index (χ0n) is 19.8. The summed E-state index contributed by atoms with van der Waals surface area (Å²) in [4.78, 5) is 12.6. The number of carbonyl (C=O) groups is 1. The lowest BCUT2D eigenvalue weighted by molar-refractivity contribution is -0.154. The van der Waals surface area contributed by atoms with Gasteiger partial charge in [0.1, 0.15) is 6.61 Å². The molecule has 1 heterocycles. The first kappa shape index (κ1) is 23.5. The van der Waals surface area contributed by atoms with E-state index in [0.29, 0.717) is 49.1 Å². The zero-order valence-corrected chi connectivity index (χ0v) is 19.8. The minimum atomic E-state index is -0.243. The minimum absolute atomic E-state index is 0.0953. The van der Waals surface area contributed by atoms with Crippen molar-refractivity contribution in [2.45, 2.75) is 25.4 Å². The van der Waals surface area contributed by atoms with E-state index in [1.54, 1.807) is 21.3 Å². The molecule has 0 radical (unpaired) electrons. The molecule has 6 nitrogen and oxygen atoms in total. The van der Waals surface area contributed by atoms with Crippen molar-refractivity contribution in [3.63, 3.8) is 0 Å². The van der Waals surface area contributed by atoms with Crippen LogP contribution in [0.4, 0.5) is 0 Å². The number of rotatable bonds is 9. The van der Waals surface area contributed by atoms with Crippen LogP contribution < -0.4 is 18.9 Å². The fourth-order valence-electron chi connectivity index (χ4n) is 4.29. The summed E-state index contributed by atoms with van der Waals surface area (Å²) in [5.41, 5.74) is 3.15. The number of methoxy groups -OCH3 is 3. The van der Waals surface area contributed by atoms with Gasteiger partial charge >= 0.3 is 5.97 Å². The second-order valence-electron chi connectivity index (χ2n) is 8.34. The summed E-state index contributed by atoms with van der Waals surface area (Å²) in [6.07, 6.45) is 1.26. The van der Waals surface area contributed by atoms with Gasteiger partial charge in [-0.15, -0.1) is 0 Å². The Kier molecular flexibility index (Phi) is 7.58. The molecule has 0 saturated carbocycles. The van der Waals surface area contributed by atoms with E-state index < -0.39 is 0 Å². The van der Waals surface area contributed by atoms with Gasteiger partial charge in [-0.2, -0.15) is 0 Å². The molecule has 6 heteroatoms. The number of hydrogen-bond donors (Lipinski definition) is 0. The molecule has 0 N–H and O–H groups in total. The molecule has 0 aliphatic carbocycles. The number of carbonyl (C=O) groups excluding carboxylic acids is 1. The molecule has 1 aliphatic heterocycles. The number of esters is 1. The number of benzene rings is 3. The van der Waals surface area contributed by atoms with Gasteiger partial charge in [0.25, 0.3) is 0 Å². The highest BCUT2D eigenvalue weighted by atomic mass is 16.5. The Morgan fingerprint density at radius 1 is 0.794 bits per heavy atom. The van der Waals surface area contributed by atoms with Gasteiger partial charge in [0.15, 0.2) is 23.0 Å². The third-order valence-electron chi connectivity index (χ3n) is 6.16. The van der Waals surface area contributed by atoms with Crippen LogP contribution in [0.15, 0.2) is 66.7 Å². The van der Waals surface area contributed by atoms with Crippen molar-refractivity contribution in [1.82, 2.24) is 0 Å². The Morgan fingerprint density at radius 3 is 2.24 bits per heavy atom. The molecule has 4 rings (SSSR count). The molecule has 1 saturated heterocycles. The van der Waals surface area contributed by atoms with E-state index in [2.05, 4.69) is 0 Å². The van der Waals surface area contributed by atoms with Crippen molar-refractivity contribution in [3.8, 4) is 23.0 Å². The van der Waals surface area contributed by atoms with Crippen molar-refractivity contribution in [3.05, 3.63) is 83.4 Å². The molecule has 0 bridgehead atoms. The summed E-state index contributed by atoms with van der Waals surface area (Å²) in [6, 6.07) is 21.7. The van der Waals surface area contributed by atoms with Crippen LogP contribution in [0, 0.1) is 5.92 Å². The zero-order chi connectivity index (χ0) is 23.9. The van der Waals surface area contributed by atoms with Crippen LogP contribution >= 0.6 is 0 Å². The van der Waals surface area contributed by atoms with Gasteiger partial charge in [0.2, 0.25) is 0 Å². The van der Waals surface area contributed by atoms with Gasteiger partial charge in [0.05, 0.1) is 33.9 Å². The largest absolute Gasteiger partial charge is 0.493 e. The van der Waals surface area contributed by atoms with Crippen LogP contribution in [-0.2, 0) is 22.6 Å². The third kappa shape index (κ3) is 5.45. The van der Waals surface area contributed by atoms with Crippen LogP contribution in [-0.4, -0.2) is 33.9 Å². The molecule has 34 heavy (non-hydrogen) atoms. The van der Waals surface area contributed by atoms with Crippen LogP contribution in [0.1, 0.15) is 29.0 Å². The highest BCUT2D eigenvalue weighted by molar-refractivity contribution is 5.74. The van der Waals surface area contributed by atoms with Crippen molar-refractivity contribution >= 4 is 5.97 Å². The van der Waals surface area contributed by atoms with Crippen LogP contribution in [0.3, 0.4) is 0 Å². The summed E-state index contributed by atoms with van der Waals surface area (Å²) < 4.78 is 27.9. The number of cyclic esters (lactones) is 1. The minimum Gasteiger partial charge on any atom is -0.493 e. The normalized spacial score (nSPS) is 17.6. The van der Waals surface area contributed by atoms with Crippen LogP contribution in [0.5, 0.6) is 23.0 Å². The lowest BCUT2D eigenvalue weighted by atomic mass is 9.84. The van der Waals surface area contributed by atoms with E-state index in [1.807, 2.05) is 66.7 Å². The molecule has 1 unspecified atom stereocenters. The summed E-state index contributed by atoms with van der Waals surface area (Å²) in [5.74, 6) is 2.35. The Hall–Kier alpha value is -3.67. The van der Waals surface area contributed by atoms with E-state index in [1.165, 1.54) is 0 Å². The summed E-state index contributed by atoms with van der Waals surface area (Å²) in [6.45, 7) is 0.818. The van der Waals surface area contributed by atoms with Crippen molar-refractivity contribution < 1.29 is 28.5 Å². The highest BCUT2D eigenvalue weighted by Gasteiger charge is 2.32. The van der Waals surface area contributed by atoms with Gasteiger partial charge < -0.3 is 23.7 Å². The van der Waals surface area contributed by atoms with Gasteiger partial charge in [-0.1, -0.05) is 42.5 Å². The first-order chi connectivity index (χ1) is 16.6. The van der Waals surface area contributed by atoms with E-state index in [-0.39, 0.29) is 17.8 Å². The Morgan fingerprint density at radius 2 is 1.50 bits per heavy atom. The van der Waals surface area contributed by atoms with Gasteiger partial charge in [-0.3, -0.25) is 4.79 Å². The fraction of sp³-hybridized carbons (Fsp3) is 0.321. The van der Waals surface area contributed by atoms with Gasteiger partial charge in [-0.25, -0.2) is 0 Å². The smallest absolute Gasteiger partial charge is 0.309 e. The molecule has 1 fully saturated rings. The number of hydrogen-bond acceptors (Lipinski definition) is 6. The van der Waals surface area contributed by atoms with Crippen LogP contribution in [0.25, 0.3) is 0 Å². The molecular weight excluding hydrogens is 432 g/mol. The van der Waals surface area contributed by atoms with Crippen LogP contribution in [0.2, 0.25) is 0 Å². The molecule has 3 aromatic carbocycles. The number of ether oxygens (including phenoxy) is 5. The van der Waals surface area contributed by atoms with Crippen molar-refractivity contribution in [2.24, 2.45) is 5.92 Å². The Balaban J connectivity index is 1.45. The first-order valence-electron chi connectivity index (χ1n) is 11.3. The standard InChI is InChI=1S/C28H30O6/c1-30-24-12-10-21(16-27(24)32-3)23-15-22(28(29)34-18-23)13-20-9-11-25(26(14-20)31-2)33-17-19-7-5-4-6-8-19/h4-12,14,16,22-23H,13,15,17-18H2,1-3H3/t22?,23-/m1/s1. The summed E-state index contributed by atoms with van der Waals surface area (Å²) in [5, 5.41) is 0.